The summed E-state index contributed by atoms with van der Waals surface area (Å²) in [6.07, 6.45) is 0. The van der Waals surface area contributed by atoms with Crippen molar-refractivity contribution in [2.75, 3.05) is 12.8 Å². The highest BCUT2D eigenvalue weighted by Crippen LogP contribution is 2.20. The first-order valence-corrected chi connectivity index (χ1v) is 8.11. The molecule has 3 heteroatoms. The normalized spacial score (nSPS) is 13.9. The molecule has 1 N–H and O–H groups in total. The number of rotatable bonds is 5. The third-order valence-corrected chi connectivity index (χ3v) is 4.75. The fraction of sp³-hybridized carbons (Fsp3) is 0.294. The molecule has 0 radical (unpaired) electrons. The van der Waals surface area contributed by atoms with Gasteiger partial charge in [-0.1, -0.05) is 47.5 Å². The molecule has 0 heterocycles. The van der Waals surface area contributed by atoms with Crippen LogP contribution in [0.5, 0.6) is 0 Å². The minimum Gasteiger partial charge on any atom is -0.312 e. The summed E-state index contributed by atoms with van der Waals surface area (Å²) in [5.74, 6) is 0.587. The molecule has 2 aromatic rings. The van der Waals surface area contributed by atoms with Crippen LogP contribution in [-0.2, 0) is 10.8 Å². The van der Waals surface area contributed by atoms with Gasteiger partial charge in [-0.2, -0.15) is 0 Å². The van der Waals surface area contributed by atoms with E-state index in [1.807, 2.05) is 37.4 Å². The summed E-state index contributed by atoms with van der Waals surface area (Å²) in [6, 6.07) is 16.2. The van der Waals surface area contributed by atoms with Crippen molar-refractivity contribution in [3.05, 3.63) is 65.2 Å². The van der Waals surface area contributed by atoms with E-state index < -0.39 is 10.8 Å². The van der Waals surface area contributed by atoms with Crippen LogP contribution in [0, 0.1) is 13.8 Å². The van der Waals surface area contributed by atoms with Crippen molar-refractivity contribution in [2.24, 2.45) is 0 Å². The molecule has 2 nitrogen and oxygen atoms in total. The first kappa shape index (κ1) is 14.9. The smallest absolute Gasteiger partial charge is 0.0548 e. The van der Waals surface area contributed by atoms with Crippen molar-refractivity contribution in [1.29, 1.82) is 0 Å². The first-order valence-electron chi connectivity index (χ1n) is 6.79. The van der Waals surface area contributed by atoms with Crippen LogP contribution in [0.4, 0.5) is 0 Å². The summed E-state index contributed by atoms with van der Waals surface area (Å²) in [7, 11) is 0.932. The molecule has 20 heavy (non-hydrogen) atoms. The Kier molecular flexibility index (Phi) is 5.10. The maximum Gasteiger partial charge on any atom is 0.0548 e. The van der Waals surface area contributed by atoms with Crippen LogP contribution in [0.3, 0.4) is 0 Å². The van der Waals surface area contributed by atoms with Crippen LogP contribution >= 0.6 is 0 Å². The molecule has 0 saturated heterocycles. The van der Waals surface area contributed by atoms with Gasteiger partial charge in [-0.15, -0.1) is 0 Å². The maximum atomic E-state index is 12.4. The first-order chi connectivity index (χ1) is 9.60. The van der Waals surface area contributed by atoms with Crippen molar-refractivity contribution in [1.82, 2.24) is 5.32 Å². The van der Waals surface area contributed by atoms with E-state index in [9.17, 15) is 4.21 Å². The minimum atomic E-state index is -0.990. The fourth-order valence-electron chi connectivity index (χ4n) is 2.38. The Hall–Kier alpha value is -1.45. The van der Waals surface area contributed by atoms with Gasteiger partial charge >= 0.3 is 0 Å². The zero-order chi connectivity index (χ0) is 14.5. The lowest BCUT2D eigenvalue weighted by molar-refractivity contribution is 0.635. The second-order valence-corrected chi connectivity index (χ2v) is 6.58. The van der Waals surface area contributed by atoms with Gasteiger partial charge in [0.15, 0.2) is 0 Å². The minimum absolute atomic E-state index is 0.106. The van der Waals surface area contributed by atoms with Crippen LogP contribution in [0.2, 0.25) is 0 Å². The van der Waals surface area contributed by atoms with Gasteiger partial charge in [0, 0.05) is 16.7 Å². The van der Waals surface area contributed by atoms with Gasteiger partial charge in [-0.3, -0.25) is 4.21 Å². The van der Waals surface area contributed by atoms with Gasteiger partial charge in [0.1, 0.15) is 0 Å². The Morgan fingerprint density at radius 1 is 1.05 bits per heavy atom. The predicted molar refractivity (Wildman–Crippen MR) is 85.4 cm³/mol. The zero-order valence-electron chi connectivity index (χ0n) is 12.2. The van der Waals surface area contributed by atoms with E-state index in [4.69, 9.17) is 0 Å². The molecule has 0 bridgehead atoms. The second-order valence-electron chi connectivity index (χ2n) is 5.09. The van der Waals surface area contributed by atoms with Crippen molar-refractivity contribution in [3.63, 3.8) is 0 Å². The molecule has 0 fully saturated rings. The molecule has 0 aliphatic heterocycles. The number of hydrogen-bond donors (Lipinski definition) is 1. The number of aryl methyl sites for hydroxylation is 2. The largest absolute Gasteiger partial charge is 0.312 e. The number of hydrogen-bond acceptors (Lipinski definition) is 2. The second kappa shape index (κ2) is 6.82. The molecule has 0 aromatic heterocycles. The maximum absolute atomic E-state index is 12.4. The van der Waals surface area contributed by atoms with E-state index >= 15 is 0 Å². The fourth-order valence-corrected chi connectivity index (χ4v) is 3.69. The van der Waals surface area contributed by atoms with E-state index in [1.54, 1.807) is 0 Å². The van der Waals surface area contributed by atoms with Crippen LogP contribution in [-0.4, -0.2) is 17.0 Å². The molecule has 106 valence electrons. The summed E-state index contributed by atoms with van der Waals surface area (Å²) in [6.45, 7) is 4.19. The van der Waals surface area contributed by atoms with Gasteiger partial charge in [0.2, 0.25) is 0 Å². The lowest BCUT2D eigenvalue weighted by atomic mass is 10.0. The van der Waals surface area contributed by atoms with Crippen LogP contribution < -0.4 is 5.32 Å². The molecule has 0 amide bonds. The highest BCUT2D eigenvalue weighted by Gasteiger charge is 2.15. The molecular formula is C17H21NOS. The Morgan fingerprint density at radius 3 is 2.20 bits per heavy atom. The number of benzene rings is 2. The van der Waals surface area contributed by atoms with Crippen molar-refractivity contribution >= 4 is 10.8 Å². The zero-order valence-corrected chi connectivity index (χ0v) is 13.0. The summed E-state index contributed by atoms with van der Waals surface area (Å²) < 4.78 is 12.4. The SMILES string of the molecule is CNC(CS(=O)c1ccccc1)c1cc(C)cc(C)c1. The van der Waals surface area contributed by atoms with E-state index in [-0.39, 0.29) is 6.04 Å². The Balaban J connectivity index is 2.19. The molecule has 2 aromatic carbocycles. The molecule has 0 aliphatic rings. The van der Waals surface area contributed by atoms with E-state index in [0.29, 0.717) is 5.75 Å². The van der Waals surface area contributed by atoms with Crippen LogP contribution in [0.25, 0.3) is 0 Å². The molecule has 2 rings (SSSR count). The molecular weight excluding hydrogens is 266 g/mol. The average Bonchev–Trinajstić information content (AvgIpc) is 2.44. The Bertz CT molecular complexity index is 575. The van der Waals surface area contributed by atoms with E-state index in [0.717, 1.165) is 4.90 Å². The van der Waals surface area contributed by atoms with Crippen LogP contribution in [0.1, 0.15) is 22.7 Å². The van der Waals surface area contributed by atoms with Crippen LogP contribution in [0.15, 0.2) is 53.4 Å². The summed E-state index contributed by atoms with van der Waals surface area (Å²) in [5.41, 5.74) is 3.69. The van der Waals surface area contributed by atoms with Crippen molar-refractivity contribution in [3.8, 4) is 0 Å². The van der Waals surface area contributed by atoms with Gasteiger partial charge in [0.25, 0.3) is 0 Å². The third-order valence-electron chi connectivity index (χ3n) is 3.32. The van der Waals surface area contributed by atoms with E-state index in [2.05, 4.69) is 37.4 Å². The summed E-state index contributed by atoms with van der Waals surface area (Å²) in [4.78, 5) is 0.886. The predicted octanol–water partition coefficient (Wildman–Crippen LogP) is 3.37. The molecule has 0 saturated carbocycles. The Morgan fingerprint density at radius 2 is 1.65 bits per heavy atom. The lowest BCUT2D eigenvalue weighted by Gasteiger charge is -2.17. The summed E-state index contributed by atoms with van der Waals surface area (Å²) in [5, 5.41) is 3.28. The van der Waals surface area contributed by atoms with E-state index in [1.165, 1.54) is 16.7 Å². The standard InChI is InChI=1S/C17H21NOS/c1-13-9-14(2)11-15(10-13)17(18-3)12-20(19)16-7-5-4-6-8-16/h4-11,17-18H,12H2,1-3H3. The van der Waals surface area contributed by atoms with Gasteiger partial charge in [-0.05, 0) is 38.6 Å². The molecule has 0 spiro atoms. The number of nitrogens with one attached hydrogen (secondary N) is 1. The van der Waals surface area contributed by atoms with Crippen molar-refractivity contribution < 1.29 is 4.21 Å². The van der Waals surface area contributed by atoms with Gasteiger partial charge < -0.3 is 5.32 Å². The molecule has 2 atom stereocenters. The topological polar surface area (TPSA) is 29.1 Å². The quantitative estimate of drug-likeness (QED) is 0.913. The average molecular weight is 287 g/mol. The lowest BCUT2D eigenvalue weighted by Crippen LogP contribution is -2.23. The third kappa shape index (κ3) is 3.78. The van der Waals surface area contributed by atoms with Gasteiger partial charge in [0.05, 0.1) is 10.8 Å². The molecule has 0 aliphatic carbocycles. The highest BCUT2D eigenvalue weighted by molar-refractivity contribution is 7.85. The monoisotopic (exact) mass is 287 g/mol. The highest BCUT2D eigenvalue weighted by atomic mass is 32.2. The molecule has 2 unspecified atom stereocenters. The Labute approximate surface area is 123 Å². The van der Waals surface area contributed by atoms with Gasteiger partial charge in [-0.25, -0.2) is 0 Å². The summed E-state index contributed by atoms with van der Waals surface area (Å²) >= 11 is 0. The van der Waals surface area contributed by atoms with Crippen molar-refractivity contribution in [2.45, 2.75) is 24.8 Å².